The summed E-state index contributed by atoms with van der Waals surface area (Å²) in [6.45, 7) is 2.67. The Morgan fingerprint density at radius 1 is 1.29 bits per heavy atom. The second-order valence-corrected chi connectivity index (χ2v) is 4.57. The van der Waals surface area contributed by atoms with Gasteiger partial charge < -0.3 is 0 Å². The molecule has 1 aliphatic heterocycles. The topological polar surface area (TPSA) is 58.4 Å². The molecule has 2 rings (SSSR count). The Hall–Kier alpha value is -0.610. The Balaban J connectivity index is 1.83. The normalized spacial score (nSPS) is 32.6. The molecule has 4 nitrogen and oxygen atoms in total. The van der Waals surface area contributed by atoms with Gasteiger partial charge in [0.05, 0.1) is 6.54 Å². The van der Waals surface area contributed by atoms with E-state index in [2.05, 4.69) is 10.3 Å². The van der Waals surface area contributed by atoms with Crippen molar-refractivity contribution in [1.82, 2.24) is 10.3 Å². The van der Waals surface area contributed by atoms with Gasteiger partial charge in [-0.15, -0.1) is 0 Å². The Labute approximate surface area is 84.8 Å². The number of rotatable bonds is 2. The third kappa shape index (κ3) is 2.07. The number of hydrogen-bond donors (Lipinski definition) is 2. The number of nitrogens with two attached hydrogens (primary N) is 1. The Morgan fingerprint density at radius 3 is 2.36 bits per heavy atom. The summed E-state index contributed by atoms with van der Waals surface area (Å²) in [5, 5.41) is 0. The molecule has 80 valence electrons. The van der Waals surface area contributed by atoms with Crippen molar-refractivity contribution in [3.05, 3.63) is 0 Å². The van der Waals surface area contributed by atoms with Crippen molar-refractivity contribution in [3.8, 4) is 0 Å². The van der Waals surface area contributed by atoms with Crippen LogP contribution in [0.15, 0.2) is 0 Å². The van der Waals surface area contributed by atoms with Crippen LogP contribution in [0.25, 0.3) is 0 Å². The van der Waals surface area contributed by atoms with Crippen LogP contribution < -0.4 is 11.3 Å². The lowest BCUT2D eigenvalue weighted by Gasteiger charge is -2.23. The van der Waals surface area contributed by atoms with Crippen molar-refractivity contribution in [2.24, 2.45) is 17.7 Å². The minimum absolute atomic E-state index is 0.0661. The van der Waals surface area contributed by atoms with Gasteiger partial charge >= 0.3 is 0 Å². The van der Waals surface area contributed by atoms with Gasteiger partial charge in [0, 0.05) is 13.1 Å². The van der Waals surface area contributed by atoms with Crippen LogP contribution in [-0.2, 0) is 4.79 Å². The van der Waals surface area contributed by atoms with E-state index >= 15 is 0 Å². The summed E-state index contributed by atoms with van der Waals surface area (Å²) in [6, 6.07) is 0. The molecule has 1 aliphatic carbocycles. The molecule has 1 saturated heterocycles. The van der Waals surface area contributed by atoms with Gasteiger partial charge in [0.1, 0.15) is 0 Å². The molecule has 1 heterocycles. The molecule has 0 aromatic carbocycles. The molecule has 1 amide bonds. The molecule has 0 spiro atoms. The van der Waals surface area contributed by atoms with E-state index in [1.54, 1.807) is 0 Å². The summed E-state index contributed by atoms with van der Waals surface area (Å²) in [4.78, 5) is 13.3. The van der Waals surface area contributed by atoms with Crippen LogP contribution in [0.1, 0.15) is 25.7 Å². The van der Waals surface area contributed by atoms with E-state index in [4.69, 9.17) is 5.84 Å². The van der Waals surface area contributed by atoms with Crippen LogP contribution in [0, 0.1) is 11.8 Å². The fourth-order valence-corrected chi connectivity index (χ4v) is 2.88. The van der Waals surface area contributed by atoms with Crippen LogP contribution in [0.5, 0.6) is 0 Å². The Kier molecular flexibility index (Phi) is 3.03. The number of hydrazine groups is 1. The van der Waals surface area contributed by atoms with Crippen molar-refractivity contribution >= 4 is 5.91 Å². The molecule has 1 saturated carbocycles. The summed E-state index contributed by atoms with van der Waals surface area (Å²) >= 11 is 0. The van der Waals surface area contributed by atoms with Crippen LogP contribution in [-0.4, -0.2) is 30.4 Å². The molecule has 2 fully saturated rings. The molecule has 4 heteroatoms. The van der Waals surface area contributed by atoms with E-state index < -0.39 is 0 Å². The maximum atomic E-state index is 11.1. The molecule has 0 unspecified atom stereocenters. The molecule has 0 radical (unpaired) electrons. The van der Waals surface area contributed by atoms with Gasteiger partial charge in [-0.2, -0.15) is 0 Å². The first-order valence-corrected chi connectivity index (χ1v) is 5.51. The number of nitrogens with one attached hydrogen (secondary N) is 1. The van der Waals surface area contributed by atoms with Crippen molar-refractivity contribution in [2.45, 2.75) is 25.7 Å². The molecule has 0 aromatic heterocycles. The first-order valence-electron chi connectivity index (χ1n) is 5.51. The molecular formula is C10H19N3O. The Morgan fingerprint density at radius 2 is 1.86 bits per heavy atom. The number of amides is 1. The van der Waals surface area contributed by atoms with Gasteiger partial charge in [-0.05, 0) is 24.7 Å². The highest BCUT2D eigenvalue weighted by Crippen LogP contribution is 2.35. The molecule has 3 N–H and O–H groups in total. The van der Waals surface area contributed by atoms with Crippen LogP contribution >= 0.6 is 0 Å². The molecule has 0 bridgehead atoms. The maximum Gasteiger partial charge on any atom is 0.248 e. The zero-order chi connectivity index (χ0) is 9.97. The lowest BCUT2D eigenvalue weighted by Crippen LogP contribution is -2.39. The quantitative estimate of drug-likeness (QED) is 0.375. The number of nitrogens with zero attached hydrogens (tertiary/aromatic N) is 1. The molecular weight excluding hydrogens is 178 g/mol. The lowest BCUT2D eigenvalue weighted by atomic mass is 9.82. The van der Waals surface area contributed by atoms with E-state index in [1.165, 1.54) is 25.7 Å². The number of fused-ring (bicyclic) bond motifs is 1. The third-order valence-electron chi connectivity index (χ3n) is 3.58. The summed E-state index contributed by atoms with van der Waals surface area (Å²) in [6.07, 6.45) is 5.45. The number of likely N-dealkylation sites (tertiary alicyclic amines) is 1. The van der Waals surface area contributed by atoms with Gasteiger partial charge in [0.2, 0.25) is 5.91 Å². The summed E-state index contributed by atoms with van der Waals surface area (Å²) in [5.41, 5.74) is 2.19. The van der Waals surface area contributed by atoms with Gasteiger partial charge in [-0.3, -0.25) is 15.1 Å². The zero-order valence-electron chi connectivity index (χ0n) is 8.54. The minimum atomic E-state index is -0.0661. The van der Waals surface area contributed by atoms with E-state index in [1.807, 2.05) is 0 Å². The standard InChI is InChI=1S/C10H19N3O/c11-12-10(14)7-13-5-8-3-1-2-4-9(8)6-13/h8-9H,1-7,11H2,(H,12,14)/t8-,9+. The summed E-state index contributed by atoms with van der Waals surface area (Å²) in [5.74, 6) is 6.69. The SMILES string of the molecule is NNC(=O)CN1C[C@H]2CCCC[C@H]2C1. The van der Waals surface area contributed by atoms with Crippen LogP contribution in [0.3, 0.4) is 0 Å². The molecule has 2 aliphatic rings. The van der Waals surface area contributed by atoms with E-state index in [-0.39, 0.29) is 5.91 Å². The number of carbonyl (C=O) groups is 1. The fourth-order valence-electron chi connectivity index (χ4n) is 2.88. The fraction of sp³-hybridized carbons (Fsp3) is 0.900. The van der Waals surface area contributed by atoms with Crippen molar-refractivity contribution in [3.63, 3.8) is 0 Å². The largest absolute Gasteiger partial charge is 0.294 e. The highest BCUT2D eigenvalue weighted by atomic mass is 16.2. The number of carbonyl (C=O) groups excluding carboxylic acids is 1. The monoisotopic (exact) mass is 197 g/mol. The van der Waals surface area contributed by atoms with Crippen molar-refractivity contribution < 1.29 is 4.79 Å². The number of hydrogen-bond acceptors (Lipinski definition) is 3. The van der Waals surface area contributed by atoms with Gasteiger partial charge in [0.15, 0.2) is 0 Å². The molecule has 14 heavy (non-hydrogen) atoms. The predicted molar refractivity (Wildman–Crippen MR) is 54.2 cm³/mol. The van der Waals surface area contributed by atoms with E-state index in [9.17, 15) is 4.79 Å². The van der Waals surface area contributed by atoms with E-state index in [0.29, 0.717) is 6.54 Å². The summed E-state index contributed by atoms with van der Waals surface area (Å²) < 4.78 is 0. The average Bonchev–Trinajstić information content (AvgIpc) is 2.59. The van der Waals surface area contributed by atoms with Crippen LogP contribution in [0.4, 0.5) is 0 Å². The van der Waals surface area contributed by atoms with Crippen LogP contribution in [0.2, 0.25) is 0 Å². The Bertz CT molecular complexity index is 205. The molecule has 2 atom stereocenters. The first kappa shape index (κ1) is 9.93. The lowest BCUT2D eigenvalue weighted by molar-refractivity contribution is -0.122. The maximum absolute atomic E-state index is 11.1. The highest BCUT2D eigenvalue weighted by molar-refractivity contribution is 5.77. The van der Waals surface area contributed by atoms with Crippen molar-refractivity contribution in [2.75, 3.05) is 19.6 Å². The highest BCUT2D eigenvalue weighted by Gasteiger charge is 2.34. The predicted octanol–water partition coefficient (Wildman–Crippen LogP) is 0.0983. The third-order valence-corrected chi connectivity index (χ3v) is 3.58. The van der Waals surface area contributed by atoms with Gasteiger partial charge in [0.25, 0.3) is 0 Å². The van der Waals surface area contributed by atoms with Gasteiger partial charge in [-0.25, -0.2) is 5.84 Å². The zero-order valence-corrected chi connectivity index (χ0v) is 8.54. The second-order valence-electron chi connectivity index (χ2n) is 4.57. The summed E-state index contributed by atoms with van der Waals surface area (Å²) in [7, 11) is 0. The smallest absolute Gasteiger partial charge is 0.248 e. The average molecular weight is 197 g/mol. The second kappa shape index (κ2) is 4.28. The first-order chi connectivity index (χ1) is 6.79. The molecule has 0 aromatic rings. The van der Waals surface area contributed by atoms with E-state index in [0.717, 1.165) is 24.9 Å². The van der Waals surface area contributed by atoms with Crippen molar-refractivity contribution in [1.29, 1.82) is 0 Å². The minimum Gasteiger partial charge on any atom is -0.294 e. The van der Waals surface area contributed by atoms with Gasteiger partial charge in [-0.1, -0.05) is 12.8 Å².